The molecule has 12 aromatic rings. The lowest BCUT2D eigenvalue weighted by Crippen LogP contribution is -2.00. The van der Waals surface area contributed by atoms with E-state index in [9.17, 15) is 4.11 Å². The van der Waals surface area contributed by atoms with Gasteiger partial charge in [0.05, 0.1) is 37.2 Å². The van der Waals surface area contributed by atoms with Gasteiger partial charge in [-0.25, -0.2) is 15.0 Å². The number of fused-ring (bicyclic) bond motifs is 9. The van der Waals surface area contributed by atoms with Crippen LogP contribution in [-0.2, 0) is 0 Å². The molecule has 0 aliphatic carbocycles. The highest BCUT2D eigenvalue weighted by Gasteiger charge is 2.20. The quantitative estimate of drug-likeness (QED) is 0.175. The lowest BCUT2D eigenvalue weighted by molar-refractivity contribution is 0.669. The molecule has 6 heteroatoms. The summed E-state index contributed by atoms with van der Waals surface area (Å²) in [4.78, 5) is 14.7. The lowest BCUT2D eigenvalue weighted by Gasteiger charge is -2.10. The van der Waals surface area contributed by atoms with Gasteiger partial charge in [0.2, 0.25) is 0 Å². The van der Waals surface area contributed by atoms with Gasteiger partial charge in [-0.1, -0.05) is 127 Å². The SMILES string of the molecule is [2H]c1cc2c(oc3c([2H])c([2H])c([2H])c(-n4c5ccc([2H])c([2H])c5c5c([2H])c([2H])c([2H])c([2H])c54)c32)c([2H])c1-c1nc(-c2ccccc2)nc(-c2ccc3c(c2)sc2ccc(-c4ccccc4)cc23)n1. The summed E-state index contributed by atoms with van der Waals surface area (Å²) in [5.41, 5.74) is 3.20. The van der Waals surface area contributed by atoms with Crippen LogP contribution in [0, 0.1) is 0 Å². The average molecular weight is 758 g/mol. The Morgan fingerprint density at radius 2 is 1.19 bits per heavy atom. The van der Waals surface area contributed by atoms with E-state index in [-0.39, 0.29) is 85.0 Å². The van der Waals surface area contributed by atoms with Crippen LogP contribution in [0.3, 0.4) is 0 Å². The number of furan rings is 1. The normalized spacial score (nSPS) is 14.6. The molecule has 0 spiro atoms. The molecule has 8 aromatic carbocycles. The minimum absolute atomic E-state index is 0.00755. The molecule has 4 aromatic heterocycles. The molecule has 266 valence electrons. The minimum atomic E-state index is -0.577. The maximum atomic E-state index is 9.68. The van der Waals surface area contributed by atoms with Gasteiger partial charge < -0.3 is 8.98 Å². The van der Waals surface area contributed by atoms with Crippen LogP contribution in [0.2, 0.25) is 0 Å². The molecule has 12 rings (SSSR count). The van der Waals surface area contributed by atoms with Crippen molar-refractivity contribution in [3.05, 3.63) is 182 Å². The molecule has 0 saturated heterocycles. The number of benzene rings is 8. The van der Waals surface area contributed by atoms with Crippen LogP contribution in [0.1, 0.15) is 15.1 Å². The fourth-order valence-electron chi connectivity index (χ4n) is 7.61. The third-order valence-corrected chi connectivity index (χ3v) is 11.4. The molecule has 0 bridgehead atoms. The molecule has 0 radical (unpaired) electrons. The predicted molar refractivity (Wildman–Crippen MR) is 236 cm³/mol. The molecule has 0 fully saturated rings. The van der Waals surface area contributed by atoms with Crippen molar-refractivity contribution >= 4 is 75.3 Å². The number of hydrogen-bond donors (Lipinski definition) is 0. The zero-order valence-corrected chi connectivity index (χ0v) is 30.4. The topological polar surface area (TPSA) is 56.7 Å². The van der Waals surface area contributed by atoms with Gasteiger partial charge >= 0.3 is 0 Å². The van der Waals surface area contributed by atoms with E-state index in [4.69, 9.17) is 30.3 Å². The minimum Gasteiger partial charge on any atom is -0.456 e. The molecule has 0 aliphatic heterocycles. The van der Waals surface area contributed by atoms with E-state index in [0.717, 1.165) is 31.3 Å². The third kappa shape index (κ3) is 5.12. The first kappa shape index (κ1) is 22.8. The van der Waals surface area contributed by atoms with Crippen molar-refractivity contribution in [1.29, 1.82) is 0 Å². The summed E-state index contributed by atoms with van der Waals surface area (Å²) in [6.45, 7) is 0. The highest BCUT2D eigenvalue weighted by atomic mass is 32.1. The Bertz CT molecular complexity index is 4170. The molecule has 4 heterocycles. The van der Waals surface area contributed by atoms with Crippen molar-refractivity contribution < 1.29 is 19.5 Å². The van der Waals surface area contributed by atoms with Crippen molar-refractivity contribution in [3.8, 4) is 51.0 Å². The van der Waals surface area contributed by atoms with Gasteiger partial charge in [-0.05, 0) is 65.6 Å². The van der Waals surface area contributed by atoms with E-state index < -0.39 is 42.3 Å². The second-order valence-corrected chi connectivity index (χ2v) is 14.6. The van der Waals surface area contributed by atoms with Gasteiger partial charge in [0.1, 0.15) is 11.2 Å². The first-order valence-electron chi connectivity index (χ1n) is 23.6. The van der Waals surface area contributed by atoms with Crippen LogP contribution in [0.25, 0.3) is 115 Å². The number of aromatic nitrogens is 4. The van der Waals surface area contributed by atoms with E-state index in [0.29, 0.717) is 22.8 Å². The van der Waals surface area contributed by atoms with Crippen LogP contribution in [-0.4, -0.2) is 19.5 Å². The van der Waals surface area contributed by atoms with E-state index in [2.05, 4.69) is 30.3 Å². The summed E-state index contributed by atoms with van der Waals surface area (Å²) in [7, 11) is 0. The van der Waals surface area contributed by atoms with E-state index in [1.165, 1.54) is 22.8 Å². The van der Waals surface area contributed by atoms with Gasteiger partial charge in [-0.2, -0.15) is 0 Å². The van der Waals surface area contributed by atoms with Crippen molar-refractivity contribution in [1.82, 2.24) is 19.5 Å². The van der Waals surface area contributed by atoms with Crippen molar-refractivity contribution in [2.75, 3.05) is 0 Å². The summed E-state index contributed by atoms with van der Waals surface area (Å²) >= 11 is 1.65. The maximum Gasteiger partial charge on any atom is 0.164 e. The maximum absolute atomic E-state index is 9.68. The summed E-state index contributed by atoms with van der Waals surface area (Å²) < 4.78 is 109. The molecule has 57 heavy (non-hydrogen) atoms. The summed E-state index contributed by atoms with van der Waals surface area (Å²) in [6, 6.07) is 31.6. The van der Waals surface area contributed by atoms with E-state index in [1.807, 2.05) is 66.7 Å². The Morgan fingerprint density at radius 1 is 0.456 bits per heavy atom. The Morgan fingerprint density at radius 3 is 2.05 bits per heavy atom. The van der Waals surface area contributed by atoms with Crippen LogP contribution >= 0.6 is 11.3 Å². The smallest absolute Gasteiger partial charge is 0.164 e. The predicted octanol–water partition coefficient (Wildman–Crippen LogP) is 13.9. The Labute approximate surface area is 346 Å². The second kappa shape index (κ2) is 12.6. The zero-order chi connectivity index (χ0) is 47.0. The van der Waals surface area contributed by atoms with Crippen LogP contribution in [0.4, 0.5) is 0 Å². The summed E-state index contributed by atoms with van der Waals surface area (Å²) in [5, 5.41) is 2.34. The zero-order valence-electron chi connectivity index (χ0n) is 40.6. The molecule has 0 saturated carbocycles. The molecule has 5 nitrogen and oxygen atoms in total. The summed E-state index contributed by atoms with van der Waals surface area (Å²) in [6.07, 6.45) is 0. The lowest BCUT2D eigenvalue weighted by atomic mass is 10.0. The standard InChI is InChI=1S/C51H30N4OS/c1-3-12-31(13-4-1)33-24-27-46-40(28-33)38-25-22-35(30-47(38)57-46)51-53-49(32-14-5-2-6-15-32)52-50(54-51)34-23-26-39-45(29-34)56-44-21-11-20-43(48(39)44)55-41-18-9-7-16-36(41)37-17-8-10-19-42(37)55/h1-30H/i7D,8D,9D,11D,16D,17D,18D,20D,21D,23D,29D. The molecular formula is C51H30N4OS. The highest BCUT2D eigenvalue weighted by Crippen LogP contribution is 2.41. The molecule has 0 amide bonds. The molecular weight excluding hydrogens is 717 g/mol. The van der Waals surface area contributed by atoms with Gasteiger partial charge in [-0.3, -0.25) is 0 Å². The third-order valence-electron chi connectivity index (χ3n) is 10.2. The molecule has 0 atom stereocenters. The molecule has 0 unspecified atom stereocenters. The summed E-state index contributed by atoms with van der Waals surface area (Å²) in [5.74, 6) is 0.610. The number of rotatable bonds is 5. The van der Waals surface area contributed by atoms with Crippen molar-refractivity contribution in [3.63, 3.8) is 0 Å². The second-order valence-electron chi connectivity index (χ2n) is 13.5. The van der Waals surface area contributed by atoms with Gasteiger partial charge in [0.25, 0.3) is 0 Å². The number of thiophene rings is 1. The first-order chi connectivity index (χ1) is 32.8. The van der Waals surface area contributed by atoms with Crippen LogP contribution in [0.15, 0.2) is 186 Å². The number of nitrogens with zero attached hydrogens (tertiary/aromatic N) is 4. The van der Waals surface area contributed by atoms with Gasteiger partial charge in [-0.15, -0.1) is 11.3 Å². The van der Waals surface area contributed by atoms with Crippen LogP contribution in [0.5, 0.6) is 0 Å². The van der Waals surface area contributed by atoms with Gasteiger partial charge in [0.15, 0.2) is 17.5 Å². The van der Waals surface area contributed by atoms with Crippen LogP contribution < -0.4 is 0 Å². The van der Waals surface area contributed by atoms with Gasteiger partial charge in [0, 0.05) is 53.0 Å². The Kier molecular flexibility index (Phi) is 5.04. The monoisotopic (exact) mass is 757 g/mol. The van der Waals surface area contributed by atoms with Crippen molar-refractivity contribution in [2.45, 2.75) is 0 Å². The fraction of sp³-hybridized carbons (Fsp3) is 0. The van der Waals surface area contributed by atoms with Crippen molar-refractivity contribution in [2.24, 2.45) is 0 Å². The average Bonchev–Trinajstić information content (AvgIpc) is 4.04. The fourth-order valence-corrected chi connectivity index (χ4v) is 8.74. The number of hydrogen-bond acceptors (Lipinski definition) is 5. The Balaban J connectivity index is 1.09. The van der Waals surface area contributed by atoms with E-state index in [1.54, 1.807) is 11.3 Å². The first-order valence-corrected chi connectivity index (χ1v) is 18.9. The Hall–Kier alpha value is -7.41. The van der Waals surface area contributed by atoms with E-state index >= 15 is 0 Å². The highest BCUT2D eigenvalue weighted by molar-refractivity contribution is 7.25. The number of para-hydroxylation sites is 2. The molecule has 0 aliphatic rings. The largest absolute Gasteiger partial charge is 0.456 e. The molecule has 0 N–H and O–H groups in total.